The average Bonchev–Trinajstić information content (AvgIpc) is 2.46. The van der Waals surface area contributed by atoms with Crippen LogP contribution < -0.4 is 10.5 Å². The van der Waals surface area contributed by atoms with E-state index in [-0.39, 0.29) is 0 Å². The highest BCUT2D eigenvalue weighted by atomic mass is 32.2. The third-order valence-corrected chi connectivity index (χ3v) is 3.81. The molecule has 2 aromatic carbocycles. The van der Waals surface area contributed by atoms with Crippen LogP contribution in [-0.2, 0) is 0 Å². The predicted octanol–water partition coefficient (Wildman–Crippen LogP) is 3.62. The van der Waals surface area contributed by atoms with Gasteiger partial charge in [-0.1, -0.05) is 6.07 Å². The number of nitrogens with two attached hydrogens (primary N) is 1. The van der Waals surface area contributed by atoms with Gasteiger partial charge in [0.1, 0.15) is 5.75 Å². The molecular weight excluding hydrogens is 268 g/mol. The predicted molar refractivity (Wildman–Crippen MR) is 83.0 cm³/mol. The molecule has 0 aliphatic rings. The van der Waals surface area contributed by atoms with Crippen LogP contribution in [0.25, 0.3) is 0 Å². The first-order valence-corrected chi connectivity index (χ1v) is 7.29. The van der Waals surface area contributed by atoms with Gasteiger partial charge in [0.15, 0.2) is 0 Å². The summed E-state index contributed by atoms with van der Waals surface area (Å²) in [7, 11) is 0. The molecule has 0 amide bonds. The van der Waals surface area contributed by atoms with E-state index < -0.39 is 0 Å². The van der Waals surface area contributed by atoms with Gasteiger partial charge in [-0.2, -0.15) is 5.26 Å². The number of anilines is 1. The number of ether oxygens (including phenoxy) is 1. The topological polar surface area (TPSA) is 59.0 Å². The van der Waals surface area contributed by atoms with Gasteiger partial charge in [0.05, 0.1) is 18.2 Å². The van der Waals surface area contributed by atoms with Crippen LogP contribution in [0.15, 0.2) is 47.4 Å². The summed E-state index contributed by atoms with van der Waals surface area (Å²) in [6.07, 6.45) is 0. The second-order valence-corrected chi connectivity index (χ2v) is 5.51. The fourth-order valence-corrected chi connectivity index (χ4v) is 2.51. The molecule has 2 rings (SSSR count). The molecule has 3 nitrogen and oxygen atoms in total. The van der Waals surface area contributed by atoms with Gasteiger partial charge in [-0.3, -0.25) is 0 Å². The zero-order valence-corrected chi connectivity index (χ0v) is 12.1. The monoisotopic (exact) mass is 284 g/mol. The highest BCUT2D eigenvalue weighted by molar-refractivity contribution is 7.99. The lowest BCUT2D eigenvalue weighted by molar-refractivity contribution is 0.344. The van der Waals surface area contributed by atoms with Crippen LogP contribution in [0.5, 0.6) is 5.75 Å². The first kappa shape index (κ1) is 14.3. The van der Waals surface area contributed by atoms with Crippen molar-refractivity contribution in [2.24, 2.45) is 0 Å². The summed E-state index contributed by atoms with van der Waals surface area (Å²) >= 11 is 1.68. The Balaban J connectivity index is 1.80. The van der Waals surface area contributed by atoms with Gasteiger partial charge >= 0.3 is 0 Å². The van der Waals surface area contributed by atoms with E-state index in [1.54, 1.807) is 23.9 Å². The lowest BCUT2D eigenvalue weighted by Crippen LogP contribution is -2.00. The van der Waals surface area contributed by atoms with E-state index in [1.807, 2.05) is 31.2 Å². The van der Waals surface area contributed by atoms with Gasteiger partial charge in [-0.15, -0.1) is 11.8 Å². The first-order chi connectivity index (χ1) is 9.69. The molecule has 0 aliphatic carbocycles. The van der Waals surface area contributed by atoms with Crippen LogP contribution in [0.1, 0.15) is 11.1 Å². The number of nitriles is 1. The third-order valence-electron chi connectivity index (χ3n) is 2.76. The smallest absolute Gasteiger partial charge is 0.119 e. The van der Waals surface area contributed by atoms with E-state index in [0.717, 1.165) is 22.1 Å². The number of nitrogen functional groups attached to an aromatic ring is 1. The molecule has 4 heteroatoms. The molecule has 0 aromatic heterocycles. The van der Waals surface area contributed by atoms with Gasteiger partial charge in [-0.05, 0) is 48.9 Å². The molecule has 2 N–H and O–H groups in total. The molecule has 0 bridgehead atoms. The Labute approximate surface area is 123 Å². The Morgan fingerprint density at radius 1 is 1.20 bits per heavy atom. The molecule has 0 saturated carbocycles. The quantitative estimate of drug-likeness (QED) is 0.517. The van der Waals surface area contributed by atoms with Crippen LogP contribution >= 0.6 is 11.8 Å². The minimum atomic E-state index is 0.601. The zero-order valence-electron chi connectivity index (χ0n) is 11.3. The van der Waals surface area contributed by atoms with E-state index in [2.05, 4.69) is 12.1 Å². The van der Waals surface area contributed by atoms with Crippen molar-refractivity contribution >= 4 is 17.4 Å². The van der Waals surface area contributed by atoms with Crippen LogP contribution in [0.3, 0.4) is 0 Å². The summed E-state index contributed by atoms with van der Waals surface area (Å²) in [4.78, 5) is 1.08. The van der Waals surface area contributed by atoms with Crippen LogP contribution in [0.4, 0.5) is 5.69 Å². The Morgan fingerprint density at radius 3 is 2.60 bits per heavy atom. The van der Waals surface area contributed by atoms with Crippen molar-refractivity contribution < 1.29 is 4.74 Å². The number of hydrogen-bond acceptors (Lipinski definition) is 4. The van der Waals surface area contributed by atoms with E-state index in [4.69, 9.17) is 15.7 Å². The van der Waals surface area contributed by atoms with Crippen molar-refractivity contribution in [2.45, 2.75) is 11.8 Å². The molecular formula is C16H16N2OS. The van der Waals surface area contributed by atoms with Gasteiger partial charge in [0.25, 0.3) is 0 Å². The maximum atomic E-state index is 8.71. The highest BCUT2D eigenvalue weighted by Gasteiger charge is 2.01. The molecule has 0 heterocycles. The summed E-state index contributed by atoms with van der Waals surface area (Å²) in [6.45, 7) is 2.63. The van der Waals surface area contributed by atoms with E-state index in [0.29, 0.717) is 12.2 Å². The van der Waals surface area contributed by atoms with Crippen molar-refractivity contribution in [2.75, 3.05) is 18.1 Å². The SMILES string of the molecule is Cc1ccc(SCCOc2ccc(C#N)cc2)c(N)c1. The normalized spacial score (nSPS) is 10.0. The van der Waals surface area contributed by atoms with E-state index in [1.165, 1.54) is 5.56 Å². The number of benzene rings is 2. The molecule has 0 spiro atoms. The van der Waals surface area contributed by atoms with E-state index >= 15 is 0 Å². The summed E-state index contributed by atoms with van der Waals surface area (Å²) in [5, 5.41) is 8.71. The standard InChI is InChI=1S/C16H16N2OS/c1-12-2-7-16(15(18)10-12)20-9-8-19-14-5-3-13(11-17)4-6-14/h2-7,10H,8-9,18H2,1H3. The highest BCUT2D eigenvalue weighted by Crippen LogP contribution is 2.25. The maximum absolute atomic E-state index is 8.71. The molecule has 102 valence electrons. The molecule has 2 aromatic rings. The number of rotatable bonds is 5. The molecule has 0 atom stereocenters. The van der Waals surface area contributed by atoms with E-state index in [9.17, 15) is 0 Å². The second kappa shape index (κ2) is 6.88. The number of hydrogen-bond donors (Lipinski definition) is 1. The molecule has 0 saturated heterocycles. The van der Waals surface area contributed by atoms with Crippen molar-refractivity contribution in [1.82, 2.24) is 0 Å². The number of nitrogens with zero attached hydrogens (tertiary/aromatic N) is 1. The van der Waals surface area contributed by atoms with Crippen LogP contribution in [0.2, 0.25) is 0 Å². The molecule has 0 fully saturated rings. The first-order valence-electron chi connectivity index (χ1n) is 6.31. The minimum Gasteiger partial charge on any atom is -0.493 e. The Bertz CT molecular complexity index is 617. The summed E-state index contributed by atoms with van der Waals surface area (Å²) in [5.41, 5.74) is 8.57. The summed E-state index contributed by atoms with van der Waals surface area (Å²) < 4.78 is 5.62. The fourth-order valence-electron chi connectivity index (χ4n) is 1.74. The Morgan fingerprint density at radius 2 is 1.95 bits per heavy atom. The van der Waals surface area contributed by atoms with Crippen molar-refractivity contribution in [3.63, 3.8) is 0 Å². The van der Waals surface area contributed by atoms with Gasteiger partial charge in [0.2, 0.25) is 0 Å². The number of thioether (sulfide) groups is 1. The maximum Gasteiger partial charge on any atom is 0.119 e. The molecule has 0 aliphatic heterocycles. The second-order valence-electron chi connectivity index (χ2n) is 4.37. The molecule has 0 unspecified atom stereocenters. The Kier molecular flexibility index (Phi) is 4.91. The molecule has 20 heavy (non-hydrogen) atoms. The summed E-state index contributed by atoms with van der Waals surface area (Å²) in [5.74, 6) is 1.61. The van der Waals surface area contributed by atoms with Crippen LogP contribution in [-0.4, -0.2) is 12.4 Å². The largest absolute Gasteiger partial charge is 0.493 e. The zero-order chi connectivity index (χ0) is 14.4. The lowest BCUT2D eigenvalue weighted by Gasteiger charge is -2.08. The van der Waals surface area contributed by atoms with Crippen molar-refractivity contribution in [1.29, 1.82) is 5.26 Å². The average molecular weight is 284 g/mol. The lowest BCUT2D eigenvalue weighted by atomic mass is 10.2. The molecule has 0 radical (unpaired) electrons. The van der Waals surface area contributed by atoms with Gasteiger partial charge in [-0.25, -0.2) is 0 Å². The fraction of sp³-hybridized carbons (Fsp3) is 0.188. The number of aryl methyl sites for hydroxylation is 1. The third kappa shape index (κ3) is 3.94. The minimum absolute atomic E-state index is 0.601. The summed E-state index contributed by atoms with van der Waals surface area (Å²) in [6, 6.07) is 15.3. The van der Waals surface area contributed by atoms with Gasteiger partial charge < -0.3 is 10.5 Å². The Hall–Kier alpha value is -2.12. The van der Waals surface area contributed by atoms with Crippen molar-refractivity contribution in [3.8, 4) is 11.8 Å². The van der Waals surface area contributed by atoms with Crippen LogP contribution in [0, 0.1) is 18.3 Å². The van der Waals surface area contributed by atoms with Gasteiger partial charge in [0, 0.05) is 16.3 Å². The van der Waals surface area contributed by atoms with Crippen molar-refractivity contribution in [3.05, 3.63) is 53.6 Å².